The van der Waals surface area contributed by atoms with Crippen LogP contribution < -0.4 is 0 Å². The highest BCUT2D eigenvalue weighted by atomic mass is 79.9. The van der Waals surface area contributed by atoms with E-state index in [9.17, 15) is 14.4 Å². The molecule has 0 spiro atoms. The van der Waals surface area contributed by atoms with Crippen molar-refractivity contribution < 1.29 is 23.9 Å². The molecular weight excluding hydrogens is 400 g/mol. The fourth-order valence-corrected chi connectivity index (χ4v) is 5.42. The normalized spacial score (nSPS) is 35.8. The Morgan fingerprint density at radius 1 is 1.25 bits per heavy atom. The number of ketones is 1. The van der Waals surface area contributed by atoms with Crippen LogP contribution in [0.1, 0.15) is 16.8 Å². The summed E-state index contributed by atoms with van der Waals surface area (Å²) in [6.07, 6.45) is 0.647. The first kappa shape index (κ1) is 16.1. The van der Waals surface area contributed by atoms with Gasteiger partial charge in [0.25, 0.3) is 0 Å². The molecule has 0 N–H and O–H groups in total. The molecule has 1 aromatic carbocycles. The minimum Gasteiger partial charge on any atom is -0.461 e. The Balaban J connectivity index is 1.43. The maximum Gasteiger partial charge on any atom is 0.310 e. The number of esters is 2. The second-order valence-electron chi connectivity index (χ2n) is 6.50. The van der Waals surface area contributed by atoms with E-state index in [1.807, 2.05) is 0 Å². The fourth-order valence-electron chi connectivity index (χ4n) is 4.25. The highest BCUT2D eigenvalue weighted by molar-refractivity contribution is 9.09. The van der Waals surface area contributed by atoms with Crippen molar-refractivity contribution in [2.75, 3.05) is 6.61 Å². The average molecular weight is 414 g/mol. The van der Waals surface area contributed by atoms with E-state index >= 15 is 0 Å². The van der Waals surface area contributed by atoms with Gasteiger partial charge in [0.2, 0.25) is 0 Å². The number of fused-ring (bicyclic) bond motifs is 1. The summed E-state index contributed by atoms with van der Waals surface area (Å²) in [4.78, 5) is 36.6. The lowest BCUT2D eigenvalue weighted by atomic mass is 9.80. The molecule has 3 aliphatic rings. The number of alkyl halides is 1. The standard InChI is InChI=1S/C17H14BrClO5/c18-14-9-5-10-13(17(22)24-15(10)14)12(9)16(21)23-6-11(20)7-1-3-8(19)4-2-7/h1-4,9-10,12-15H,5-6H2/t9-,10+,12-,13-,14+,15-/m0/s1. The molecule has 1 heterocycles. The molecule has 6 atom stereocenters. The average Bonchev–Trinajstić information content (AvgIpc) is 3.17. The maximum atomic E-state index is 12.5. The number of hydrogen-bond donors (Lipinski definition) is 0. The Labute approximate surface area is 151 Å². The molecule has 24 heavy (non-hydrogen) atoms. The molecule has 0 radical (unpaired) electrons. The summed E-state index contributed by atoms with van der Waals surface area (Å²) in [5, 5.41) is 0.531. The minimum atomic E-state index is -0.524. The zero-order chi connectivity index (χ0) is 17.0. The molecule has 1 saturated heterocycles. The van der Waals surface area contributed by atoms with Crippen LogP contribution in [-0.4, -0.2) is 35.3 Å². The first-order valence-electron chi connectivity index (χ1n) is 7.77. The van der Waals surface area contributed by atoms with Gasteiger partial charge in [0.15, 0.2) is 12.4 Å². The third-order valence-corrected chi connectivity index (χ3v) is 6.76. The summed E-state index contributed by atoms with van der Waals surface area (Å²) in [7, 11) is 0. The van der Waals surface area contributed by atoms with Gasteiger partial charge in [-0.25, -0.2) is 0 Å². The first-order chi connectivity index (χ1) is 11.5. The minimum absolute atomic E-state index is 0.0188. The Bertz CT molecular complexity index is 718. The van der Waals surface area contributed by atoms with Crippen molar-refractivity contribution in [3.8, 4) is 0 Å². The number of carbonyl (C=O) groups is 3. The second-order valence-corrected chi connectivity index (χ2v) is 7.99. The number of benzene rings is 1. The van der Waals surface area contributed by atoms with E-state index < -0.39 is 17.8 Å². The van der Waals surface area contributed by atoms with Crippen molar-refractivity contribution in [2.45, 2.75) is 17.4 Å². The molecule has 0 unspecified atom stereocenters. The predicted octanol–water partition coefficient (Wildman–Crippen LogP) is 2.64. The summed E-state index contributed by atoms with van der Waals surface area (Å²) in [6.45, 7) is -0.341. The molecule has 5 nitrogen and oxygen atoms in total. The van der Waals surface area contributed by atoms with Gasteiger partial charge in [-0.3, -0.25) is 14.4 Å². The molecule has 126 valence electrons. The lowest BCUT2D eigenvalue weighted by Crippen LogP contribution is -2.39. The third kappa shape index (κ3) is 2.39. The summed E-state index contributed by atoms with van der Waals surface area (Å²) >= 11 is 9.33. The highest BCUT2D eigenvalue weighted by Gasteiger charge is 2.68. The number of Topliss-reactive ketones (excluding diaryl/α,β-unsaturated/α-hetero) is 1. The van der Waals surface area contributed by atoms with E-state index in [0.29, 0.717) is 10.6 Å². The monoisotopic (exact) mass is 412 g/mol. The van der Waals surface area contributed by atoms with Crippen LogP contribution in [0.5, 0.6) is 0 Å². The van der Waals surface area contributed by atoms with E-state index in [4.69, 9.17) is 21.1 Å². The zero-order valence-electron chi connectivity index (χ0n) is 12.5. The molecule has 1 aliphatic heterocycles. The number of carbonyl (C=O) groups excluding carboxylic acids is 3. The predicted molar refractivity (Wildman–Crippen MR) is 87.9 cm³/mol. The molecule has 2 saturated carbocycles. The van der Waals surface area contributed by atoms with Crippen LogP contribution in [0.3, 0.4) is 0 Å². The smallest absolute Gasteiger partial charge is 0.310 e. The molecule has 2 aliphatic carbocycles. The quantitative estimate of drug-likeness (QED) is 0.431. The summed E-state index contributed by atoms with van der Waals surface area (Å²) in [6, 6.07) is 6.39. The maximum absolute atomic E-state index is 12.5. The van der Waals surface area contributed by atoms with Crippen molar-refractivity contribution >= 4 is 45.3 Å². The molecule has 7 heteroatoms. The van der Waals surface area contributed by atoms with Crippen LogP contribution in [0, 0.1) is 23.7 Å². The lowest BCUT2D eigenvalue weighted by molar-refractivity contribution is -0.154. The molecule has 2 bridgehead atoms. The number of ether oxygens (including phenoxy) is 2. The molecule has 4 rings (SSSR count). The van der Waals surface area contributed by atoms with Crippen LogP contribution in [0.25, 0.3) is 0 Å². The van der Waals surface area contributed by atoms with E-state index in [0.717, 1.165) is 6.42 Å². The highest BCUT2D eigenvalue weighted by Crippen LogP contribution is 2.60. The molecule has 1 aromatic rings. The van der Waals surface area contributed by atoms with Crippen LogP contribution in [0.4, 0.5) is 0 Å². The van der Waals surface area contributed by atoms with Gasteiger partial charge < -0.3 is 9.47 Å². The van der Waals surface area contributed by atoms with E-state index in [1.54, 1.807) is 24.3 Å². The van der Waals surface area contributed by atoms with E-state index in [1.165, 1.54) is 0 Å². The van der Waals surface area contributed by atoms with Gasteiger partial charge in [0, 0.05) is 16.5 Å². The molecular formula is C17H14BrClO5. The summed E-state index contributed by atoms with van der Waals surface area (Å²) in [5.74, 6) is -1.95. The Morgan fingerprint density at radius 2 is 1.96 bits per heavy atom. The van der Waals surface area contributed by atoms with E-state index in [2.05, 4.69) is 15.9 Å². The van der Waals surface area contributed by atoms with Crippen molar-refractivity contribution in [1.82, 2.24) is 0 Å². The second kappa shape index (κ2) is 5.85. The van der Waals surface area contributed by atoms with Gasteiger partial charge in [-0.1, -0.05) is 27.5 Å². The van der Waals surface area contributed by atoms with Crippen molar-refractivity contribution in [3.05, 3.63) is 34.9 Å². The van der Waals surface area contributed by atoms with Crippen LogP contribution in [0.2, 0.25) is 5.02 Å². The zero-order valence-corrected chi connectivity index (χ0v) is 14.8. The SMILES string of the molecule is O=C(COC(=O)[C@H]1[C@@H]2C[C@H]3[C@H](OC(=O)[C@@H]31)[C@@H]2Br)c1ccc(Cl)cc1. The molecule has 0 aromatic heterocycles. The molecule has 0 amide bonds. The van der Waals surface area contributed by atoms with Crippen molar-refractivity contribution in [1.29, 1.82) is 0 Å². The van der Waals surface area contributed by atoms with Gasteiger partial charge in [-0.2, -0.15) is 0 Å². The number of hydrogen-bond acceptors (Lipinski definition) is 5. The van der Waals surface area contributed by atoms with Gasteiger partial charge in [0.05, 0.1) is 16.7 Å². The van der Waals surface area contributed by atoms with Gasteiger partial charge in [0.1, 0.15) is 6.10 Å². The van der Waals surface area contributed by atoms with Gasteiger partial charge >= 0.3 is 11.9 Å². The number of rotatable bonds is 4. The number of halogens is 2. The van der Waals surface area contributed by atoms with Crippen LogP contribution >= 0.6 is 27.5 Å². The van der Waals surface area contributed by atoms with Crippen molar-refractivity contribution in [2.24, 2.45) is 23.7 Å². The van der Waals surface area contributed by atoms with Crippen molar-refractivity contribution in [3.63, 3.8) is 0 Å². The Morgan fingerprint density at radius 3 is 2.67 bits per heavy atom. The van der Waals surface area contributed by atoms with E-state index in [-0.39, 0.29) is 41.1 Å². The molecule has 3 fully saturated rings. The third-order valence-electron chi connectivity index (χ3n) is 5.31. The summed E-state index contributed by atoms with van der Waals surface area (Å²) in [5.41, 5.74) is 0.429. The topological polar surface area (TPSA) is 69.7 Å². The first-order valence-corrected chi connectivity index (χ1v) is 9.06. The van der Waals surface area contributed by atoms with Crippen LogP contribution in [0.15, 0.2) is 24.3 Å². The van der Waals surface area contributed by atoms with Gasteiger partial charge in [-0.05, 0) is 36.6 Å². The Hall–Kier alpha value is -1.40. The van der Waals surface area contributed by atoms with Gasteiger partial charge in [-0.15, -0.1) is 0 Å². The lowest BCUT2D eigenvalue weighted by Gasteiger charge is -2.26. The van der Waals surface area contributed by atoms with Crippen LogP contribution in [-0.2, 0) is 19.1 Å². The Kier molecular flexibility index (Phi) is 3.92. The fraction of sp³-hybridized carbons (Fsp3) is 0.471. The largest absolute Gasteiger partial charge is 0.461 e. The summed E-state index contributed by atoms with van der Waals surface area (Å²) < 4.78 is 10.6.